The zero-order valence-corrected chi connectivity index (χ0v) is 21.2. The van der Waals surface area contributed by atoms with Crippen molar-refractivity contribution in [3.63, 3.8) is 0 Å². The maximum Gasteiger partial charge on any atom is 0.326 e. The SMILES string of the molecule is O=C(O)CCC(NC(=O)NC(CCCCNC(=O)c1ccc(N/N=C/c2ccc([18F])cc2)nc1)C(=O)O)C(=O)O. The molecule has 0 aliphatic heterocycles. The lowest BCUT2D eigenvalue weighted by Crippen LogP contribution is -2.51. The third-order valence-electron chi connectivity index (χ3n) is 5.35. The minimum atomic E-state index is -1.49. The van der Waals surface area contributed by atoms with E-state index in [1.807, 2.05) is 0 Å². The van der Waals surface area contributed by atoms with Gasteiger partial charge in [-0.25, -0.2) is 23.8 Å². The highest BCUT2D eigenvalue weighted by molar-refractivity contribution is 5.94. The van der Waals surface area contributed by atoms with Crippen LogP contribution in [-0.4, -0.2) is 75.0 Å². The molecule has 0 aliphatic rings. The summed E-state index contributed by atoms with van der Waals surface area (Å²) in [5.74, 6) is -4.40. The third-order valence-corrected chi connectivity index (χ3v) is 5.35. The minimum absolute atomic E-state index is 0.00580. The highest BCUT2D eigenvalue weighted by Crippen LogP contribution is 2.07. The molecule has 1 heterocycles. The Morgan fingerprint density at radius 2 is 1.55 bits per heavy atom. The number of aromatic nitrogens is 1. The van der Waals surface area contributed by atoms with Gasteiger partial charge in [0, 0.05) is 19.2 Å². The van der Waals surface area contributed by atoms with E-state index in [2.05, 4.69) is 31.5 Å². The van der Waals surface area contributed by atoms with Crippen molar-refractivity contribution in [1.82, 2.24) is 20.9 Å². The highest BCUT2D eigenvalue weighted by Gasteiger charge is 2.24. The monoisotopic (exact) mass is 559 g/mol. The van der Waals surface area contributed by atoms with Gasteiger partial charge in [0.25, 0.3) is 5.91 Å². The fourth-order valence-corrected chi connectivity index (χ4v) is 3.23. The number of rotatable bonds is 16. The lowest BCUT2D eigenvalue weighted by molar-refractivity contribution is -0.140. The molecule has 2 unspecified atom stereocenters. The summed E-state index contributed by atoms with van der Waals surface area (Å²) in [5.41, 5.74) is 3.65. The molecule has 40 heavy (non-hydrogen) atoms. The molecule has 0 radical (unpaired) electrons. The summed E-state index contributed by atoms with van der Waals surface area (Å²) in [7, 11) is 0. The number of hydrazone groups is 1. The van der Waals surface area contributed by atoms with Gasteiger partial charge in [0.1, 0.15) is 23.7 Å². The number of benzene rings is 1. The van der Waals surface area contributed by atoms with Crippen molar-refractivity contribution in [3.05, 3.63) is 59.5 Å². The number of urea groups is 1. The molecule has 214 valence electrons. The number of carboxylic acid groups (broad SMARTS) is 3. The predicted octanol–water partition coefficient (Wildman–Crippen LogP) is 1.64. The van der Waals surface area contributed by atoms with E-state index < -0.39 is 48.4 Å². The van der Waals surface area contributed by atoms with Crippen molar-refractivity contribution < 1.29 is 43.7 Å². The first-order chi connectivity index (χ1) is 19.0. The molecule has 0 spiro atoms. The molecular formula is C25H29FN6O8. The Labute approximate surface area is 227 Å². The summed E-state index contributed by atoms with van der Waals surface area (Å²) >= 11 is 0. The number of halogens is 1. The van der Waals surface area contributed by atoms with Crippen LogP contribution < -0.4 is 21.4 Å². The summed E-state index contributed by atoms with van der Waals surface area (Å²) in [6.45, 7) is 0.218. The second-order valence-electron chi connectivity index (χ2n) is 8.44. The van der Waals surface area contributed by atoms with Crippen LogP contribution in [0.3, 0.4) is 0 Å². The van der Waals surface area contributed by atoms with Crippen LogP contribution in [0.5, 0.6) is 0 Å². The van der Waals surface area contributed by atoms with Gasteiger partial charge >= 0.3 is 23.9 Å². The fraction of sp³-hybridized carbons (Fsp3) is 0.320. The molecule has 0 aliphatic carbocycles. The van der Waals surface area contributed by atoms with Gasteiger partial charge in [-0.05, 0) is 55.5 Å². The quantitative estimate of drug-likeness (QED) is 0.0895. The number of pyridine rings is 1. The average molecular weight is 560 g/mol. The lowest BCUT2D eigenvalue weighted by Gasteiger charge is -2.18. The molecule has 1 aromatic carbocycles. The zero-order valence-electron chi connectivity index (χ0n) is 21.2. The van der Waals surface area contributed by atoms with Crippen LogP contribution in [0.15, 0.2) is 47.7 Å². The molecule has 0 saturated heterocycles. The fourth-order valence-electron chi connectivity index (χ4n) is 3.23. The number of carbonyl (C=O) groups excluding carboxylic acids is 2. The molecule has 0 saturated carbocycles. The summed E-state index contributed by atoms with van der Waals surface area (Å²) < 4.78 is 12.9. The minimum Gasteiger partial charge on any atom is -0.481 e. The van der Waals surface area contributed by atoms with Gasteiger partial charge in [-0.2, -0.15) is 5.10 Å². The van der Waals surface area contributed by atoms with Crippen molar-refractivity contribution in [2.45, 2.75) is 44.2 Å². The molecular weight excluding hydrogens is 530 g/mol. The largest absolute Gasteiger partial charge is 0.481 e. The van der Waals surface area contributed by atoms with Crippen molar-refractivity contribution in [1.29, 1.82) is 0 Å². The molecule has 0 bridgehead atoms. The van der Waals surface area contributed by atoms with Crippen LogP contribution in [0.1, 0.15) is 48.0 Å². The zero-order chi connectivity index (χ0) is 29.5. The molecule has 1 aromatic heterocycles. The second kappa shape index (κ2) is 16.0. The summed E-state index contributed by atoms with van der Waals surface area (Å²) in [6, 6.07) is 4.93. The second-order valence-corrected chi connectivity index (χ2v) is 8.44. The number of nitrogens with zero attached hydrogens (tertiary/aromatic N) is 2. The molecule has 14 nitrogen and oxygen atoms in total. The Morgan fingerprint density at radius 3 is 2.12 bits per heavy atom. The average Bonchev–Trinajstić information content (AvgIpc) is 2.91. The van der Waals surface area contributed by atoms with E-state index >= 15 is 0 Å². The molecule has 2 atom stereocenters. The van der Waals surface area contributed by atoms with E-state index in [0.717, 1.165) is 0 Å². The molecule has 7 N–H and O–H groups in total. The van der Waals surface area contributed by atoms with Gasteiger partial charge in [0.05, 0.1) is 11.8 Å². The number of nitrogens with one attached hydrogen (secondary N) is 4. The standard InChI is InChI=1S/C25H29FN6O8/c26-17-7-4-15(5-8-17)13-29-32-20-10-6-16(14-28-20)22(35)27-12-2-1-3-18(23(36)37)30-25(40)31-19(24(38)39)9-11-21(33)34/h4-8,10,13-14,18-19H,1-3,9,11-12H2,(H,27,35)(H,28,32)(H,33,34)(H,36,37)(H,38,39)(H2,30,31,40)/b29-13+/i26-1. The first-order valence-corrected chi connectivity index (χ1v) is 12.1. The van der Waals surface area contributed by atoms with Crippen molar-refractivity contribution >= 4 is 41.9 Å². The van der Waals surface area contributed by atoms with Crippen LogP contribution >= 0.6 is 0 Å². The van der Waals surface area contributed by atoms with Gasteiger partial charge in [-0.15, -0.1) is 0 Å². The molecule has 0 fully saturated rings. The number of hydrogen-bond acceptors (Lipinski definition) is 8. The summed E-state index contributed by atoms with van der Waals surface area (Å²) in [6.07, 6.45) is 2.67. The Bertz CT molecular complexity index is 1210. The topological polar surface area (TPSA) is 219 Å². The Kier molecular flexibility index (Phi) is 12.5. The number of anilines is 1. The number of amides is 3. The number of carbonyl (C=O) groups is 5. The van der Waals surface area contributed by atoms with Crippen LogP contribution in [0.4, 0.5) is 15.0 Å². The number of unbranched alkanes of at least 4 members (excludes halogenated alkanes) is 1. The Balaban J connectivity index is 1.72. The smallest absolute Gasteiger partial charge is 0.326 e. The van der Waals surface area contributed by atoms with E-state index in [4.69, 9.17) is 10.2 Å². The van der Waals surface area contributed by atoms with Crippen LogP contribution in [0.2, 0.25) is 0 Å². The van der Waals surface area contributed by atoms with Crippen LogP contribution in [0.25, 0.3) is 0 Å². The normalized spacial score (nSPS) is 12.2. The first kappa shape index (κ1) is 31.1. The van der Waals surface area contributed by atoms with Gasteiger partial charge in [-0.1, -0.05) is 12.1 Å². The maximum absolute atomic E-state index is 12.9. The number of hydrogen-bond donors (Lipinski definition) is 7. The van der Waals surface area contributed by atoms with Gasteiger partial charge in [-0.3, -0.25) is 15.0 Å². The third kappa shape index (κ3) is 11.5. The Hall–Kier alpha value is -5.08. The summed E-state index contributed by atoms with van der Waals surface area (Å²) in [5, 5.41) is 38.0. The van der Waals surface area contributed by atoms with E-state index in [1.54, 1.807) is 18.2 Å². The lowest BCUT2D eigenvalue weighted by atomic mass is 10.1. The summed E-state index contributed by atoms with van der Waals surface area (Å²) in [4.78, 5) is 61.7. The molecule has 2 aromatic rings. The van der Waals surface area contributed by atoms with Crippen LogP contribution in [0, 0.1) is 5.82 Å². The number of aliphatic carboxylic acids is 3. The molecule has 2 rings (SSSR count). The van der Waals surface area contributed by atoms with E-state index in [0.29, 0.717) is 24.2 Å². The predicted molar refractivity (Wildman–Crippen MR) is 139 cm³/mol. The van der Waals surface area contributed by atoms with E-state index in [1.165, 1.54) is 30.6 Å². The van der Waals surface area contributed by atoms with Crippen LogP contribution in [-0.2, 0) is 14.4 Å². The van der Waals surface area contributed by atoms with Crippen molar-refractivity contribution in [2.75, 3.05) is 12.0 Å². The molecule has 3 amide bonds. The maximum atomic E-state index is 12.9. The van der Waals surface area contributed by atoms with Crippen molar-refractivity contribution in [3.8, 4) is 0 Å². The molecule has 15 heteroatoms. The number of carboxylic acids is 3. The Morgan fingerprint density at radius 1 is 0.900 bits per heavy atom. The van der Waals surface area contributed by atoms with Gasteiger partial charge in [0.2, 0.25) is 0 Å². The van der Waals surface area contributed by atoms with E-state index in [9.17, 15) is 33.5 Å². The van der Waals surface area contributed by atoms with Crippen molar-refractivity contribution in [2.24, 2.45) is 5.10 Å². The van der Waals surface area contributed by atoms with E-state index in [-0.39, 0.29) is 30.8 Å². The van der Waals surface area contributed by atoms with Gasteiger partial charge < -0.3 is 31.3 Å². The first-order valence-electron chi connectivity index (χ1n) is 12.1. The van der Waals surface area contributed by atoms with Gasteiger partial charge in [0.15, 0.2) is 0 Å². The highest BCUT2D eigenvalue weighted by atomic mass is 18.2.